The summed E-state index contributed by atoms with van der Waals surface area (Å²) >= 11 is 6.11. The molecule has 1 rings (SSSR count). The number of aryl methyl sites for hydroxylation is 1. The number of hydrogen-bond donors (Lipinski definition) is 2. The van der Waals surface area contributed by atoms with Crippen LogP contribution in [0.2, 0.25) is 5.02 Å². The van der Waals surface area contributed by atoms with Crippen molar-refractivity contribution in [3.8, 4) is 5.75 Å². The van der Waals surface area contributed by atoms with Gasteiger partial charge in [0.1, 0.15) is 5.75 Å². The van der Waals surface area contributed by atoms with Gasteiger partial charge in [0.2, 0.25) is 0 Å². The molecule has 0 heterocycles. The minimum atomic E-state index is -0.252. The Morgan fingerprint density at radius 1 is 1.50 bits per heavy atom. The van der Waals surface area contributed by atoms with Gasteiger partial charge in [-0.25, -0.2) is 0 Å². The second-order valence-electron chi connectivity index (χ2n) is 3.87. The van der Waals surface area contributed by atoms with Gasteiger partial charge >= 0.3 is 0 Å². The van der Waals surface area contributed by atoms with E-state index >= 15 is 0 Å². The Kier molecular flexibility index (Phi) is 4.59. The molecule has 90 valence electrons. The molecule has 4 heteroatoms. The highest BCUT2D eigenvalue weighted by atomic mass is 35.5. The molecule has 0 aliphatic carbocycles. The van der Waals surface area contributed by atoms with Crippen LogP contribution in [0.3, 0.4) is 0 Å². The van der Waals surface area contributed by atoms with Crippen LogP contribution >= 0.6 is 11.6 Å². The molecule has 0 spiro atoms. The van der Waals surface area contributed by atoms with Crippen LogP contribution in [-0.2, 0) is 0 Å². The van der Waals surface area contributed by atoms with Crippen LogP contribution in [0.4, 0.5) is 0 Å². The smallest absolute Gasteiger partial charge is 0.142 e. The predicted octanol–water partition coefficient (Wildman–Crippen LogP) is 2.35. The number of rotatable bonds is 4. The lowest BCUT2D eigenvalue weighted by Gasteiger charge is -2.20. The normalized spacial score (nSPS) is 12.6. The number of halogens is 1. The van der Waals surface area contributed by atoms with Crippen LogP contribution in [0.15, 0.2) is 6.07 Å². The minimum Gasteiger partial charge on any atom is -0.495 e. The fraction of sp³-hybridized carbons (Fsp3) is 0.500. The molecule has 0 amide bonds. The van der Waals surface area contributed by atoms with Gasteiger partial charge < -0.3 is 15.6 Å². The van der Waals surface area contributed by atoms with E-state index in [4.69, 9.17) is 27.2 Å². The van der Waals surface area contributed by atoms with Crippen molar-refractivity contribution >= 4 is 11.6 Å². The third-order valence-corrected chi connectivity index (χ3v) is 3.10. The lowest BCUT2D eigenvalue weighted by atomic mass is 9.95. The number of ether oxygens (including phenoxy) is 1. The molecule has 1 atom stereocenters. The molecule has 1 unspecified atom stereocenters. The Bertz CT molecular complexity index is 380. The monoisotopic (exact) mass is 243 g/mol. The highest BCUT2D eigenvalue weighted by Crippen LogP contribution is 2.37. The highest BCUT2D eigenvalue weighted by molar-refractivity contribution is 6.32. The summed E-state index contributed by atoms with van der Waals surface area (Å²) in [4.78, 5) is 0. The molecule has 0 fully saturated rings. The van der Waals surface area contributed by atoms with Crippen molar-refractivity contribution in [2.45, 2.75) is 26.3 Å². The van der Waals surface area contributed by atoms with Gasteiger partial charge in [-0.1, -0.05) is 11.6 Å². The van der Waals surface area contributed by atoms with E-state index in [-0.39, 0.29) is 12.6 Å². The summed E-state index contributed by atoms with van der Waals surface area (Å²) in [5.74, 6) is 0.616. The summed E-state index contributed by atoms with van der Waals surface area (Å²) in [7, 11) is 1.57. The van der Waals surface area contributed by atoms with Crippen molar-refractivity contribution in [3.05, 3.63) is 27.8 Å². The lowest BCUT2D eigenvalue weighted by Crippen LogP contribution is -2.15. The van der Waals surface area contributed by atoms with E-state index in [1.54, 1.807) is 7.11 Å². The number of aliphatic hydroxyl groups excluding tert-OH is 1. The molecular formula is C12H18ClNO2. The molecule has 0 aliphatic rings. The number of aliphatic hydroxyl groups is 1. The zero-order valence-electron chi connectivity index (χ0n) is 9.88. The van der Waals surface area contributed by atoms with Crippen LogP contribution in [-0.4, -0.2) is 18.8 Å². The molecule has 0 aliphatic heterocycles. The van der Waals surface area contributed by atoms with Crippen molar-refractivity contribution in [3.63, 3.8) is 0 Å². The fourth-order valence-corrected chi connectivity index (χ4v) is 2.16. The minimum absolute atomic E-state index is 0.0509. The first-order valence-corrected chi connectivity index (χ1v) is 5.60. The topological polar surface area (TPSA) is 55.5 Å². The van der Waals surface area contributed by atoms with E-state index in [2.05, 4.69) is 0 Å². The second-order valence-corrected chi connectivity index (χ2v) is 4.27. The average molecular weight is 244 g/mol. The van der Waals surface area contributed by atoms with Crippen molar-refractivity contribution in [2.75, 3.05) is 13.7 Å². The lowest BCUT2D eigenvalue weighted by molar-refractivity contribution is 0.275. The number of methoxy groups -OCH3 is 1. The summed E-state index contributed by atoms with van der Waals surface area (Å²) in [5, 5.41) is 9.50. The van der Waals surface area contributed by atoms with E-state index < -0.39 is 0 Å². The average Bonchev–Trinajstić information content (AvgIpc) is 2.23. The Balaban J connectivity index is 3.32. The zero-order chi connectivity index (χ0) is 12.3. The van der Waals surface area contributed by atoms with Crippen LogP contribution in [0, 0.1) is 13.8 Å². The SMILES string of the molecule is COc1c(Cl)cc(C)c(C)c1C(N)CCO. The molecule has 3 N–H and O–H groups in total. The summed E-state index contributed by atoms with van der Waals surface area (Å²) in [5.41, 5.74) is 9.06. The maximum atomic E-state index is 8.94. The van der Waals surface area contributed by atoms with E-state index in [0.717, 1.165) is 16.7 Å². The van der Waals surface area contributed by atoms with Gasteiger partial charge in [-0.3, -0.25) is 0 Å². The Labute approximate surface area is 101 Å². The molecule has 0 saturated heterocycles. The first-order chi connectivity index (χ1) is 7.52. The first-order valence-electron chi connectivity index (χ1n) is 5.23. The Hall–Kier alpha value is -0.770. The quantitative estimate of drug-likeness (QED) is 0.854. The van der Waals surface area contributed by atoms with Crippen molar-refractivity contribution < 1.29 is 9.84 Å². The van der Waals surface area contributed by atoms with Gasteiger partial charge in [0, 0.05) is 18.2 Å². The van der Waals surface area contributed by atoms with Crippen molar-refractivity contribution in [1.29, 1.82) is 0 Å². The van der Waals surface area contributed by atoms with Crippen molar-refractivity contribution in [1.82, 2.24) is 0 Å². The molecular weight excluding hydrogens is 226 g/mol. The highest BCUT2D eigenvalue weighted by Gasteiger charge is 2.18. The van der Waals surface area contributed by atoms with Gasteiger partial charge in [-0.05, 0) is 37.5 Å². The molecule has 0 radical (unpaired) electrons. The molecule has 1 aromatic rings. The summed E-state index contributed by atoms with van der Waals surface area (Å²) in [6.07, 6.45) is 0.497. The largest absolute Gasteiger partial charge is 0.495 e. The molecule has 1 aromatic carbocycles. The van der Waals surface area contributed by atoms with E-state index in [1.807, 2.05) is 19.9 Å². The van der Waals surface area contributed by atoms with E-state index in [0.29, 0.717) is 17.2 Å². The van der Waals surface area contributed by atoms with Crippen LogP contribution in [0.5, 0.6) is 5.75 Å². The predicted molar refractivity (Wildman–Crippen MR) is 66.1 cm³/mol. The summed E-state index contributed by atoms with van der Waals surface area (Å²) in [6, 6.07) is 1.61. The first kappa shape index (κ1) is 13.3. The maximum Gasteiger partial charge on any atom is 0.142 e. The molecule has 3 nitrogen and oxygen atoms in total. The summed E-state index contributed by atoms with van der Waals surface area (Å²) < 4.78 is 5.29. The molecule has 0 saturated carbocycles. The number of benzene rings is 1. The molecule has 0 bridgehead atoms. The Morgan fingerprint density at radius 3 is 2.62 bits per heavy atom. The zero-order valence-corrected chi connectivity index (χ0v) is 10.6. The Morgan fingerprint density at radius 2 is 2.12 bits per heavy atom. The van der Waals surface area contributed by atoms with E-state index in [9.17, 15) is 0 Å². The second kappa shape index (κ2) is 5.53. The van der Waals surface area contributed by atoms with Crippen LogP contribution in [0.25, 0.3) is 0 Å². The van der Waals surface area contributed by atoms with Crippen molar-refractivity contribution in [2.24, 2.45) is 5.73 Å². The standard InChI is InChI=1S/C12H18ClNO2/c1-7-6-9(13)12(16-3)11(8(7)2)10(14)4-5-15/h6,10,15H,4-5,14H2,1-3H3. The van der Waals surface area contributed by atoms with Gasteiger partial charge in [0.05, 0.1) is 12.1 Å². The fourth-order valence-electron chi connectivity index (χ4n) is 1.81. The number of nitrogens with two attached hydrogens (primary N) is 1. The van der Waals surface area contributed by atoms with Gasteiger partial charge in [0.15, 0.2) is 0 Å². The summed E-state index contributed by atoms with van der Waals surface area (Å²) in [6.45, 7) is 4.02. The van der Waals surface area contributed by atoms with Gasteiger partial charge in [0.25, 0.3) is 0 Å². The molecule has 0 aromatic heterocycles. The third-order valence-electron chi connectivity index (χ3n) is 2.82. The van der Waals surface area contributed by atoms with E-state index in [1.165, 1.54) is 0 Å². The maximum absolute atomic E-state index is 8.94. The van der Waals surface area contributed by atoms with Gasteiger partial charge in [-0.15, -0.1) is 0 Å². The molecule has 16 heavy (non-hydrogen) atoms. The van der Waals surface area contributed by atoms with Crippen LogP contribution in [0.1, 0.15) is 29.2 Å². The number of hydrogen-bond acceptors (Lipinski definition) is 3. The third kappa shape index (κ3) is 2.48. The van der Waals surface area contributed by atoms with Crippen LogP contribution < -0.4 is 10.5 Å². The van der Waals surface area contributed by atoms with Gasteiger partial charge in [-0.2, -0.15) is 0 Å².